The molecule has 26 heavy (non-hydrogen) atoms. The van der Waals surface area contributed by atoms with Gasteiger partial charge >= 0.3 is 0 Å². The summed E-state index contributed by atoms with van der Waals surface area (Å²) in [6.45, 7) is 4.28. The largest absolute Gasteiger partial charge is 0.369 e. The summed E-state index contributed by atoms with van der Waals surface area (Å²) in [5, 5.41) is 7.14. The molecule has 0 aromatic carbocycles. The zero-order chi connectivity index (χ0) is 17.7. The number of rotatable bonds is 1. The van der Waals surface area contributed by atoms with Gasteiger partial charge in [0.1, 0.15) is 5.60 Å². The molecule has 1 amide bonds. The molecule has 0 bridgehead atoms. The summed E-state index contributed by atoms with van der Waals surface area (Å²) in [5.74, 6) is 0.152. The van der Waals surface area contributed by atoms with Crippen LogP contribution in [0, 0.1) is 0 Å². The molecule has 3 aliphatic rings. The van der Waals surface area contributed by atoms with Gasteiger partial charge in [0.2, 0.25) is 0 Å². The van der Waals surface area contributed by atoms with Crippen molar-refractivity contribution in [3.05, 3.63) is 38.8 Å². The predicted octanol–water partition coefficient (Wildman–Crippen LogP) is 2.16. The van der Waals surface area contributed by atoms with Gasteiger partial charge in [0.15, 0.2) is 0 Å². The quantitative estimate of drug-likeness (QED) is 0.833. The molecule has 5 rings (SSSR count). The number of amides is 1. The van der Waals surface area contributed by atoms with E-state index < -0.39 is 0 Å². The molecule has 0 aliphatic carbocycles. The van der Waals surface area contributed by atoms with Crippen LogP contribution >= 0.6 is 11.3 Å². The van der Waals surface area contributed by atoms with Gasteiger partial charge in [-0.05, 0) is 37.9 Å². The van der Waals surface area contributed by atoms with Gasteiger partial charge in [0.25, 0.3) is 5.91 Å². The van der Waals surface area contributed by atoms with Crippen molar-refractivity contribution in [3.8, 4) is 0 Å². The van der Waals surface area contributed by atoms with Crippen molar-refractivity contribution in [2.45, 2.75) is 37.8 Å². The molecule has 0 saturated carbocycles. The maximum atomic E-state index is 13.1. The Morgan fingerprint density at radius 1 is 1.27 bits per heavy atom. The number of aromatic nitrogens is 2. The minimum atomic E-state index is -0.164. The number of ether oxygens (including phenoxy) is 1. The number of piperidine rings is 1. The molecule has 5 heterocycles. The summed E-state index contributed by atoms with van der Waals surface area (Å²) in [5.41, 5.74) is 3.47. The molecule has 6 nitrogen and oxygen atoms in total. The Morgan fingerprint density at radius 2 is 2.12 bits per heavy atom. The van der Waals surface area contributed by atoms with Gasteiger partial charge in [0.05, 0.1) is 17.7 Å². The molecule has 0 atom stereocenters. The molecule has 1 saturated heterocycles. The Hall–Kier alpha value is -1.70. The first kappa shape index (κ1) is 16.5. The SMILES string of the molecule is CN1CCC2(CC1)OCCc1cc(C(=O)N3CCc4[nH]ncc4C3)sc12. The van der Waals surface area contributed by atoms with E-state index in [4.69, 9.17) is 4.74 Å². The van der Waals surface area contributed by atoms with Crippen molar-refractivity contribution in [1.82, 2.24) is 20.0 Å². The van der Waals surface area contributed by atoms with E-state index in [-0.39, 0.29) is 11.5 Å². The van der Waals surface area contributed by atoms with Gasteiger partial charge in [-0.25, -0.2) is 0 Å². The number of aromatic amines is 1. The number of thiophene rings is 1. The van der Waals surface area contributed by atoms with E-state index in [0.717, 1.165) is 62.4 Å². The second-order valence-corrected chi connectivity index (χ2v) is 8.76. The lowest BCUT2D eigenvalue weighted by molar-refractivity contribution is -0.0921. The Labute approximate surface area is 157 Å². The van der Waals surface area contributed by atoms with E-state index in [2.05, 4.69) is 28.2 Å². The number of likely N-dealkylation sites (tertiary alicyclic amines) is 1. The van der Waals surface area contributed by atoms with Crippen LogP contribution in [0.3, 0.4) is 0 Å². The lowest BCUT2D eigenvalue weighted by atomic mass is 9.85. The molecule has 1 spiro atoms. The van der Waals surface area contributed by atoms with Crippen molar-refractivity contribution >= 4 is 17.2 Å². The van der Waals surface area contributed by atoms with Gasteiger partial charge in [-0.15, -0.1) is 11.3 Å². The summed E-state index contributed by atoms with van der Waals surface area (Å²) in [6.07, 6.45) is 5.66. The summed E-state index contributed by atoms with van der Waals surface area (Å²) in [6, 6.07) is 2.13. The molecule has 7 heteroatoms. The molecule has 1 N–H and O–H groups in total. The smallest absolute Gasteiger partial charge is 0.264 e. The first-order valence-electron chi connectivity index (χ1n) is 9.41. The molecule has 3 aliphatic heterocycles. The number of carbonyl (C=O) groups excluding carboxylic acids is 1. The van der Waals surface area contributed by atoms with Gasteiger partial charge in [-0.3, -0.25) is 9.89 Å². The summed E-state index contributed by atoms with van der Waals surface area (Å²) in [4.78, 5) is 19.6. The first-order chi connectivity index (χ1) is 12.6. The lowest BCUT2D eigenvalue weighted by Crippen LogP contribution is -2.44. The Balaban J connectivity index is 1.41. The standard InChI is InChI=1S/C19H24N4O2S/c1-22-7-4-19(5-8-22)17-13(3-9-25-19)10-16(26-17)18(24)23-6-2-15-14(12-23)11-20-21-15/h10-11H,2-9,12H2,1H3,(H,20,21). The number of fused-ring (bicyclic) bond motifs is 3. The minimum Gasteiger partial charge on any atom is -0.369 e. The van der Waals surface area contributed by atoms with E-state index in [0.29, 0.717) is 6.54 Å². The fourth-order valence-corrected chi connectivity index (χ4v) is 5.81. The highest BCUT2D eigenvalue weighted by molar-refractivity contribution is 7.14. The minimum absolute atomic E-state index is 0.152. The molecule has 2 aromatic rings. The van der Waals surface area contributed by atoms with Crippen LogP contribution in [0.15, 0.2) is 12.3 Å². The maximum absolute atomic E-state index is 13.1. The lowest BCUT2D eigenvalue weighted by Gasteiger charge is -2.42. The van der Waals surface area contributed by atoms with Gasteiger partial charge in [-0.1, -0.05) is 0 Å². The van der Waals surface area contributed by atoms with Crippen LogP contribution in [-0.4, -0.2) is 59.2 Å². The van der Waals surface area contributed by atoms with Gasteiger partial charge < -0.3 is 14.5 Å². The molecular formula is C19H24N4O2S. The van der Waals surface area contributed by atoms with Crippen molar-refractivity contribution in [1.29, 1.82) is 0 Å². The van der Waals surface area contributed by atoms with Crippen LogP contribution in [0.2, 0.25) is 0 Å². The van der Waals surface area contributed by atoms with E-state index in [9.17, 15) is 4.79 Å². The third-order valence-electron chi connectivity index (χ3n) is 6.07. The van der Waals surface area contributed by atoms with E-state index >= 15 is 0 Å². The maximum Gasteiger partial charge on any atom is 0.264 e. The topological polar surface area (TPSA) is 61.5 Å². The molecule has 1 fully saturated rings. The third kappa shape index (κ3) is 2.61. The summed E-state index contributed by atoms with van der Waals surface area (Å²) >= 11 is 1.67. The Bertz CT molecular complexity index is 834. The second-order valence-electron chi connectivity index (χ2n) is 7.71. The fraction of sp³-hybridized carbons (Fsp3) is 0.579. The molecule has 2 aromatic heterocycles. The third-order valence-corrected chi connectivity index (χ3v) is 7.42. The highest BCUT2D eigenvalue weighted by atomic mass is 32.1. The van der Waals surface area contributed by atoms with E-state index in [1.165, 1.54) is 16.1 Å². The van der Waals surface area contributed by atoms with Gasteiger partial charge in [0, 0.05) is 48.7 Å². The average Bonchev–Trinajstić information content (AvgIpc) is 3.30. The Morgan fingerprint density at radius 3 is 2.96 bits per heavy atom. The number of hydrogen-bond donors (Lipinski definition) is 1. The Kier molecular flexibility index (Phi) is 3.92. The zero-order valence-corrected chi connectivity index (χ0v) is 15.9. The number of nitrogens with one attached hydrogen (secondary N) is 1. The van der Waals surface area contributed by atoms with Crippen molar-refractivity contribution in [2.24, 2.45) is 0 Å². The number of H-pyrrole nitrogens is 1. The van der Waals surface area contributed by atoms with Crippen molar-refractivity contribution < 1.29 is 9.53 Å². The van der Waals surface area contributed by atoms with Crippen LogP contribution in [0.5, 0.6) is 0 Å². The number of hydrogen-bond acceptors (Lipinski definition) is 5. The van der Waals surface area contributed by atoms with Crippen LogP contribution in [0.4, 0.5) is 0 Å². The van der Waals surface area contributed by atoms with Crippen LogP contribution in [-0.2, 0) is 29.7 Å². The van der Waals surface area contributed by atoms with E-state index in [1.807, 2.05) is 11.1 Å². The van der Waals surface area contributed by atoms with Crippen LogP contribution < -0.4 is 0 Å². The molecular weight excluding hydrogens is 348 g/mol. The van der Waals surface area contributed by atoms with Crippen LogP contribution in [0.1, 0.15) is 44.2 Å². The zero-order valence-electron chi connectivity index (χ0n) is 15.1. The summed E-state index contributed by atoms with van der Waals surface area (Å²) < 4.78 is 6.30. The van der Waals surface area contributed by atoms with E-state index in [1.54, 1.807) is 11.3 Å². The fourth-order valence-electron chi connectivity index (χ4n) is 4.43. The first-order valence-corrected chi connectivity index (χ1v) is 10.2. The highest BCUT2D eigenvalue weighted by Crippen LogP contribution is 2.45. The second kappa shape index (κ2) is 6.18. The normalized spacial score (nSPS) is 22.3. The monoisotopic (exact) mass is 372 g/mol. The van der Waals surface area contributed by atoms with Crippen molar-refractivity contribution in [2.75, 3.05) is 33.3 Å². The van der Waals surface area contributed by atoms with Crippen LogP contribution in [0.25, 0.3) is 0 Å². The predicted molar refractivity (Wildman–Crippen MR) is 99.4 cm³/mol. The van der Waals surface area contributed by atoms with Gasteiger partial charge in [-0.2, -0.15) is 5.10 Å². The molecule has 138 valence electrons. The molecule has 0 radical (unpaired) electrons. The number of carbonyl (C=O) groups is 1. The number of nitrogens with zero attached hydrogens (tertiary/aromatic N) is 3. The molecule has 0 unspecified atom stereocenters. The summed E-state index contributed by atoms with van der Waals surface area (Å²) in [7, 11) is 2.17. The average molecular weight is 372 g/mol. The highest BCUT2D eigenvalue weighted by Gasteiger charge is 2.42. The van der Waals surface area contributed by atoms with Crippen molar-refractivity contribution in [3.63, 3.8) is 0 Å².